The maximum absolute atomic E-state index is 12.2. The molecule has 0 aliphatic carbocycles. The van der Waals surface area contributed by atoms with Gasteiger partial charge in [-0.3, -0.25) is 9.78 Å². The van der Waals surface area contributed by atoms with Gasteiger partial charge in [0, 0.05) is 23.9 Å². The van der Waals surface area contributed by atoms with Gasteiger partial charge in [0.1, 0.15) is 30.8 Å². The second kappa shape index (κ2) is 9.56. The van der Waals surface area contributed by atoms with Gasteiger partial charge in [-0.25, -0.2) is 0 Å². The van der Waals surface area contributed by atoms with Crippen LogP contribution < -0.4 is 15.0 Å². The summed E-state index contributed by atoms with van der Waals surface area (Å²) in [6.45, 7) is 4.36. The summed E-state index contributed by atoms with van der Waals surface area (Å²) in [5.41, 5.74) is 3.20. The minimum absolute atomic E-state index is 0.126. The van der Waals surface area contributed by atoms with Crippen LogP contribution in [0.5, 0.6) is 11.5 Å². The van der Waals surface area contributed by atoms with Crippen molar-refractivity contribution in [3.05, 3.63) is 76.3 Å². The van der Waals surface area contributed by atoms with Crippen LogP contribution in [-0.2, 0) is 16.1 Å². The van der Waals surface area contributed by atoms with Crippen LogP contribution in [0.4, 0.5) is 0 Å². The van der Waals surface area contributed by atoms with Crippen molar-refractivity contribution in [1.29, 1.82) is 0 Å². The highest BCUT2D eigenvalue weighted by Crippen LogP contribution is 2.27. The Morgan fingerprint density at radius 1 is 1.10 bits per heavy atom. The largest absolute Gasteiger partial charge is 0.491 e. The lowest BCUT2D eigenvalue weighted by atomic mass is 10.0. The van der Waals surface area contributed by atoms with Crippen LogP contribution in [0.1, 0.15) is 11.3 Å². The van der Waals surface area contributed by atoms with Gasteiger partial charge in [-0.15, -0.1) is 0 Å². The van der Waals surface area contributed by atoms with Crippen molar-refractivity contribution in [2.45, 2.75) is 19.6 Å². The number of nitrogens with zero attached hydrogens (tertiary/aromatic N) is 1. The average Bonchev–Trinajstić information content (AvgIpc) is 2.77. The minimum Gasteiger partial charge on any atom is -0.491 e. The maximum Gasteiger partial charge on any atom is 0.252 e. The first-order chi connectivity index (χ1) is 14.7. The Morgan fingerprint density at radius 3 is 2.80 bits per heavy atom. The van der Waals surface area contributed by atoms with Crippen LogP contribution in [-0.4, -0.2) is 42.5 Å². The SMILES string of the molecule is Cc1cc(OCc2ccccn2)ccc1-c1cc(OCC2COCCO2)cc(=O)[nH]1. The van der Waals surface area contributed by atoms with E-state index in [9.17, 15) is 4.79 Å². The van der Waals surface area contributed by atoms with E-state index in [1.807, 2.05) is 49.4 Å². The number of nitrogens with one attached hydrogen (secondary N) is 1. The Bertz CT molecular complexity index is 1030. The van der Waals surface area contributed by atoms with E-state index in [4.69, 9.17) is 18.9 Å². The van der Waals surface area contributed by atoms with Crippen molar-refractivity contribution in [1.82, 2.24) is 9.97 Å². The van der Waals surface area contributed by atoms with E-state index in [2.05, 4.69) is 9.97 Å². The molecule has 1 aromatic carbocycles. The van der Waals surface area contributed by atoms with E-state index in [0.29, 0.717) is 44.5 Å². The Morgan fingerprint density at radius 2 is 2.03 bits per heavy atom. The number of rotatable bonds is 7. The highest BCUT2D eigenvalue weighted by atomic mass is 16.6. The zero-order valence-corrected chi connectivity index (χ0v) is 16.8. The van der Waals surface area contributed by atoms with Crippen LogP contribution in [0.15, 0.2) is 59.5 Å². The van der Waals surface area contributed by atoms with Crippen LogP contribution in [0, 0.1) is 6.92 Å². The molecule has 3 aromatic rings. The van der Waals surface area contributed by atoms with Gasteiger partial charge in [-0.1, -0.05) is 6.07 Å². The standard InChI is InChI=1S/C23H24N2O5/c1-16-10-18(29-13-17-4-2-3-7-24-17)5-6-21(16)22-11-19(12-23(26)25-22)30-15-20-14-27-8-9-28-20/h2-7,10-12,20H,8-9,13-15H2,1H3,(H,25,26). The van der Waals surface area contributed by atoms with Gasteiger partial charge in [-0.2, -0.15) is 0 Å². The van der Waals surface area contributed by atoms with Gasteiger partial charge in [0.2, 0.25) is 0 Å². The number of pyridine rings is 2. The molecule has 0 spiro atoms. The third kappa shape index (κ3) is 5.25. The van der Waals surface area contributed by atoms with E-state index in [-0.39, 0.29) is 11.7 Å². The fourth-order valence-electron chi connectivity index (χ4n) is 3.24. The Kier molecular flexibility index (Phi) is 6.41. The van der Waals surface area contributed by atoms with Gasteiger partial charge < -0.3 is 23.9 Å². The molecule has 2 aromatic heterocycles. The molecule has 0 radical (unpaired) electrons. The quantitative estimate of drug-likeness (QED) is 0.647. The molecule has 1 aliphatic rings. The summed E-state index contributed by atoms with van der Waals surface area (Å²) in [5.74, 6) is 1.24. The van der Waals surface area contributed by atoms with Crippen LogP contribution in [0.25, 0.3) is 11.3 Å². The number of hydrogen-bond donors (Lipinski definition) is 1. The van der Waals surface area contributed by atoms with Crippen molar-refractivity contribution in [2.75, 3.05) is 26.4 Å². The zero-order chi connectivity index (χ0) is 20.8. The van der Waals surface area contributed by atoms with Crippen LogP contribution in [0.3, 0.4) is 0 Å². The molecule has 0 saturated carbocycles. The summed E-state index contributed by atoms with van der Waals surface area (Å²) in [7, 11) is 0. The summed E-state index contributed by atoms with van der Waals surface area (Å²) in [4.78, 5) is 19.3. The average molecular weight is 408 g/mol. The normalized spacial score (nSPS) is 16.2. The third-order valence-corrected chi connectivity index (χ3v) is 4.74. The summed E-state index contributed by atoms with van der Waals surface area (Å²) >= 11 is 0. The highest BCUT2D eigenvalue weighted by molar-refractivity contribution is 5.65. The van der Waals surface area contributed by atoms with E-state index >= 15 is 0 Å². The first-order valence-corrected chi connectivity index (χ1v) is 9.87. The summed E-state index contributed by atoms with van der Waals surface area (Å²) in [6, 6.07) is 14.7. The van der Waals surface area contributed by atoms with E-state index in [0.717, 1.165) is 22.6 Å². The van der Waals surface area contributed by atoms with Gasteiger partial charge >= 0.3 is 0 Å². The molecule has 1 unspecified atom stereocenters. The van der Waals surface area contributed by atoms with Crippen molar-refractivity contribution in [2.24, 2.45) is 0 Å². The predicted octanol–water partition coefficient (Wildman–Crippen LogP) is 3.12. The van der Waals surface area contributed by atoms with E-state index in [1.165, 1.54) is 6.07 Å². The van der Waals surface area contributed by atoms with Crippen molar-refractivity contribution in [3.8, 4) is 22.8 Å². The second-order valence-corrected chi connectivity index (χ2v) is 7.06. The molecular weight excluding hydrogens is 384 g/mol. The molecule has 30 heavy (non-hydrogen) atoms. The Balaban J connectivity index is 1.46. The lowest BCUT2D eigenvalue weighted by Gasteiger charge is -2.23. The van der Waals surface area contributed by atoms with Gasteiger partial charge in [-0.05, 0) is 42.8 Å². The number of aromatic amines is 1. The molecule has 3 heterocycles. The van der Waals surface area contributed by atoms with Crippen molar-refractivity contribution < 1.29 is 18.9 Å². The van der Waals surface area contributed by atoms with Gasteiger partial charge in [0.05, 0.1) is 31.2 Å². The summed E-state index contributed by atoms with van der Waals surface area (Å²) < 4.78 is 22.6. The number of benzene rings is 1. The van der Waals surface area contributed by atoms with Crippen molar-refractivity contribution in [3.63, 3.8) is 0 Å². The van der Waals surface area contributed by atoms with Gasteiger partial charge in [0.25, 0.3) is 5.56 Å². The monoisotopic (exact) mass is 408 g/mol. The molecule has 156 valence electrons. The molecule has 0 amide bonds. The highest BCUT2D eigenvalue weighted by Gasteiger charge is 2.15. The van der Waals surface area contributed by atoms with E-state index in [1.54, 1.807) is 6.20 Å². The van der Waals surface area contributed by atoms with Crippen LogP contribution in [0.2, 0.25) is 0 Å². The molecule has 4 rings (SSSR count). The first kappa shape index (κ1) is 20.1. The molecule has 7 nitrogen and oxygen atoms in total. The minimum atomic E-state index is -0.224. The number of hydrogen-bond acceptors (Lipinski definition) is 6. The summed E-state index contributed by atoms with van der Waals surface area (Å²) in [5, 5.41) is 0. The van der Waals surface area contributed by atoms with Crippen molar-refractivity contribution >= 4 is 0 Å². The first-order valence-electron chi connectivity index (χ1n) is 9.87. The molecule has 1 fully saturated rings. The molecule has 1 saturated heterocycles. The number of H-pyrrole nitrogens is 1. The number of ether oxygens (including phenoxy) is 4. The lowest BCUT2D eigenvalue weighted by Crippen LogP contribution is -2.33. The molecule has 0 bridgehead atoms. The van der Waals surface area contributed by atoms with Crippen LogP contribution >= 0.6 is 0 Å². The Labute approximate surface area is 174 Å². The maximum atomic E-state index is 12.2. The molecule has 1 atom stereocenters. The third-order valence-electron chi connectivity index (χ3n) is 4.74. The predicted molar refractivity (Wildman–Crippen MR) is 112 cm³/mol. The topological polar surface area (TPSA) is 82.7 Å². The lowest BCUT2D eigenvalue weighted by molar-refractivity contribution is -0.101. The van der Waals surface area contributed by atoms with Gasteiger partial charge in [0.15, 0.2) is 0 Å². The fraction of sp³-hybridized carbons (Fsp3) is 0.304. The number of aromatic nitrogens is 2. The molecule has 1 N–H and O–H groups in total. The zero-order valence-electron chi connectivity index (χ0n) is 16.8. The molecule has 7 heteroatoms. The Hall–Kier alpha value is -3.16. The second-order valence-electron chi connectivity index (χ2n) is 7.06. The molecule has 1 aliphatic heterocycles. The smallest absolute Gasteiger partial charge is 0.252 e. The molecular formula is C23H24N2O5. The van der Waals surface area contributed by atoms with E-state index < -0.39 is 0 Å². The number of aryl methyl sites for hydroxylation is 1. The summed E-state index contributed by atoms with van der Waals surface area (Å²) in [6.07, 6.45) is 1.62. The fourth-order valence-corrected chi connectivity index (χ4v) is 3.24.